The van der Waals surface area contributed by atoms with E-state index in [1.165, 1.54) is 4.52 Å². The molecule has 0 aliphatic rings. The van der Waals surface area contributed by atoms with Crippen LogP contribution in [0, 0.1) is 13.8 Å². The smallest absolute Gasteiger partial charge is 0.319 e. The van der Waals surface area contributed by atoms with E-state index in [0.29, 0.717) is 27.6 Å². The van der Waals surface area contributed by atoms with E-state index in [-0.39, 0.29) is 16.4 Å². The number of benzene rings is 2. The van der Waals surface area contributed by atoms with Crippen LogP contribution < -0.4 is 5.32 Å². The maximum Gasteiger partial charge on any atom is 0.416 e. The summed E-state index contributed by atoms with van der Waals surface area (Å²) in [5.74, 6) is -0.768. The SMILES string of the molecule is Cc1nn2c(C)c(C(=O)Nc3cc(C(F)(F)F)ccc3Cl)nnc2c1-c1cccc(Cl)c1. The van der Waals surface area contributed by atoms with Gasteiger partial charge in [0, 0.05) is 5.02 Å². The second kappa shape index (κ2) is 8.07. The Kier molecular flexibility index (Phi) is 5.56. The first kappa shape index (κ1) is 22.0. The number of nitrogens with one attached hydrogen (secondary N) is 1. The number of nitrogens with zero attached hydrogens (tertiary/aromatic N) is 4. The first-order chi connectivity index (χ1) is 15.1. The minimum Gasteiger partial charge on any atom is -0.319 e. The average molecular weight is 480 g/mol. The Hall–Kier alpha value is -3.17. The van der Waals surface area contributed by atoms with Crippen molar-refractivity contribution in [3.63, 3.8) is 0 Å². The highest BCUT2D eigenvalue weighted by molar-refractivity contribution is 6.34. The van der Waals surface area contributed by atoms with Gasteiger partial charge in [-0.1, -0.05) is 35.3 Å². The summed E-state index contributed by atoms with van der Waals surface area (Å²) >= 11 is 12.1. The maximum atomic E-state index is 13.0. The van der Waals surface area contributed by atoms with Gasteiger partial charge in [0.05, 0.1) is 33.2 Å². The van der Waals surface area contributed by atoms with Crippen LogP contribution in [0.2, 0.25) is 10.0 Å². The number of carbonyl (C=O) groups excluding carboxylic acids is 1. The molecule has 0 unspecified atom stereocenters. The molecule has 1 amide bonds. The third-order valence-electron chi connectivity index (χ3n) is 4.81. The summed E-state index contributed by atoms with van der Waals surface area (Å²) in [5.41, 5.74) is 1.66. The molecule has 0 atom stereocenters. The minimum absolute atomic E-state index is 0.0452. The Morgan fingerprint density at radius 2 is 1.81 bits per heavy atom. The first-order valence-corrected chi connectivity index (χ1v) is 9.98. The van der Waals surface area contributed by atoms with Crippen molar-refractivity contribution in [2.45, 2.75) is 20.0 Å². The fourth-order valence-electron chi connectivity index (χ4n) is 3.28. The van der Waals surface area contributed by atoms with E-state index in [1.54, 1.807) is 32.0 Å². The summed E-state index contributed by atoms with van der Waals surface area (Å²) in [7, 11) is 0. The molecule has 0 aliphatic heterocycles. The van der Waals surface area contributed by atoms with Crippen LogP contribution in [0.4, 0.5) is 18.9 Å². The monoisotopic (exact) mass is 479 g/mol. The summed E-state index contributed by atoms with van der Waals surface area (Å²) in [6.45, 7) is 3.39. The third-order valence-corrected chi connectivity index (χ3v) is 5.38. The van der Waals surface area contributed by atoms with Gasteiger partial charge in [-0.25, -0.2) is 4.52 Å². The van der Waals surface area contributed by atoms with Gasteiger partial charge >= 0.3 is 6.18 Å². The predicted octanol–water partition coefficient (Wildman–Crippen LogP) is 5.99. The maximum absolute atomic E-state index is 13.0. The van der Waals surface area contributed by atoms with Crippen LogP contribution in [-0.4, -0.2) is 25.7 Å². The molecule has 11 heteroatoms. The molecule has 32 heavy (non-hydrogen) atoms. The largest absolute Gasteiger partial charge is 0.416 e. The molecular formula is C21H14Cl2F3N5O. The summed E-state index contributed by atoms with van der Waals surface area (Å²) in [6.07, 6.45) is -4.58. The average Bonchev–Trinajstić information content (AvgIpc) is 3.06. The lowest BCUT2D eigenvalue weighted by molar-refractivity contribution is -0.137. The number of alkyl halides is 3. The molecular weight excluding hydrogens is 466 g/mol. The lowest BCUT2D eigenvalue weighted by atomic mass is 10.1. The van der Waals surface area contributed by atoms with Gasteiger partial charge in [0.25, 0.3) is 5.91 Å². The van der Waals surface area contributed by atoms with Crippen molar-refractivity contribution >= 4 is 40.4 Å². The van der Waals surface area contributed by atoms with Gasteiger partial charge in [-0.2, -0.15) is 18.3 Å². The second-order valence-corrected chi connectivity index (χ2v) is 7.83. The lowest BCUT2D eigenvalue weighted by Gasteiger charge is -2.12. The molecule has 2 aromatic heterocycles. The summed E-state index contributed by atoms with van der Waals surface area (Å²) in [4.78, 5) is 12.8. The van der Waals surface area contributed by atoms with Gasteiger partial charge in [0.15, 0.2) is 11.3 Å². The highest BCUT2D eigenvalue weighted by atomic mass is 35.5. The Morgan fingerprint density at radius 3 is 2.50 bits per heavy atom. The zero-order chi connectivity index (χ0) is 23.2. The van der Waals surface area contributed by atoms with Crippen LogP contribution in [0.1, 0.15) is 27.4 Å². The fourth-order valence-corrected chi connectivity index (χ4v) is 3.64. The molecule has 0 fully saturated rings. The summed E-state index contributed by atoms with van der Waals surface area (Å²) in [5, 5.41) is 15.5. The van der Waals surface area contributed by atoms with Gasteiger partial charge in [-0.05, 0) is 49.7 Å². The standard InChI is InChI=1S/C21H14Cl2F3N5O/c1-10-17(12-4-3-5-14(22)8-12)19-29-28-18(11(2)31(19)30-10)20(32)27-16-9-13(21(24,25)26)6-7-15(16)23/h3-9H,1-2H3,(H,27,32). The molecule has 0 spiro atoms. The number of halogens is 5. The zero-order valence-corrected chi connectivity index (χ0v) is 18.1. The van der Waals surface area contributed by atoms with Crippen LogP contribution in [0.5, 0.6) is 0 Å². The van der Waals surface area contributed by atoms with Crippen LogP contribution in [0.3, 0.4) is 0 Å². The number of rotatable bonds is 3. The Bertz CT molecular complexity index is 1370. The third kappa shape index (κ3) is 4.01. The van der Waals surface area contributed by atoms with E-state index in [9.17, 15) is 18.0 Å². The molecule has 0 radical (unpaired) electrons. The van der Waals surface area contributed by atoms with E-state index in [2.05, 4.69) is 20.6 Å². The normalized spacial score (nSPS) is 11.7. The van der Waals surface area contributed by atoms with Crippen LogP contribution >= 0.6 is 23.2 Å². The molecule has 6 nitrogen and oxygen atoms in total. The van der Waals surface area contributed by atoms with Gasteiger partial charge < -0.3 is 5.32 Å². The zero-order valence-electron chi connectivity index (χ0n) is 16.6. The quantitative estimate of drug-likeness (QED) is 0.391. The predicted molar refractivity (Wildman–Crippen MR) is 115 cm³/mol. The number of fused-ring (bicyclic) bond motifs is 1. The van der Waals surface area contributed by atoms with Gasteiger partial charge in [-0.15, -0.1) is 10.2 Å². The molecule has 0 bridgehead atoms. The van der Waals surface area contributed by atoms with Crippen molar-refractivity contribution in [1.82, 2.24) is 19.8 Å². The van der Waals surface area contributed by atoms with Crippen molar-refractivity contribution in [2.24, 2.45) is 0 Å². The summed E-state index contributed by atoms with van der Waals surface area (Å²) in [6, 6.07) is 9.81. The first-order valence-electron chi connectivity index (χ1n) is 9.23. The van der Waals surface area contributed by atoms with Crippen molar-refractivity contribution in [1.29, 1.82) is 0 Å². The Morgan fingerprint density at radius 1 is 1.06 bits per heavy atom. The van der Waals surface area contributed by atoms with Gasteiger partial charge in [0.2, 0.25) is 0 Å². The molecule has 4 rings (SSSR count). The fraction of sp³-hybridized carbons (Fsp3) is 0.143. The number of hydrogen-bond donors (Lipinski definition) is 1. The molecule has 0 saturated heterocycles. The van der Waals surface area contributed by atoms with Crippen molar-refractivity contribution in [2.75, 3.05) is 5.32 Å². The van der Waals surface area contributed by atoms with E-state index in [1.807, 2.05) is 6.07 Å². The number of anilines is 1. The minimum atomic E-state index is -4.58. The molecule has 1 N–H and O–H groups in total. The van der Waals surface area contributed by atoms with Gasteiger partial charge in [-0.3, -0.25) is 4.79 Å². The molecule has 0 aliphatic carbocycles. The topological polar surface area (TPSA) is 72.2 Å². The lowest BCUT2D eigenvalue weighted by Crippen LogP contribution is -2.19. The van der Waals surface area contributed by atoms with Crippen molar-refractivity contribution < 1.29 is 18.0 Å². The molecule has 4 aromatic rings. The molecule has 164 valence electrons. The Balaban J connectivity index is 1.74. The van der Waals surface area contributed by atoms with E-state index < -0.39 is 17.6 Å². The number of aryl methyl sites for hydroxylation is 2. The van der Waals surface area contributed by atoms with Crippen LogP contribution in [0.25, 0.3) is 16.8 Å². The number of carbonyl (C=O) groups is 1. The van der Waals surface area contributed by atoms with E-state index in [4.69, 9.17) is 23.2 Å². The highest BCUT2D eigenvalue weighted by Gasteiger charge is 2.31. The van der Waals surface area contributed by atoms with E-state index >= 15 is 0 Å². The van der Waals surface area contributed by atoms with Crippen molar-refractivity contribution in [3.8, 4) is 11.1 Å². The van der Waals surface area contributed by atoms with Crippen LogP contribution in [0.15, 0.2) is 42.5 Å². The summed E-state index contributed by atoms with van der Waals surface area (Å²) < 4.78 is 40.5. The molecule has 2 heterocycles. The van der Waals surface area contributed by atoms with Gasteiger partial charge in [0.1, 0.15) is 0 Å². The number of aromatic nitrogens is 4. The second-order valence-electron chi connectivity index (χ2n) is 6.99. The molecule has 2 aromatic carbocycles. The van der Waals surface area contributed by atoms with Crippen molar-refractivity contribution in [3.05, 3.63) is 75.2 Å². The van der Waals surface area contributed by atoms with Crippen LogP contribution in [-0.2, 0) is 6.18 Å². The highest BCUT2D eigenvalue weighted by Crippen LogP contribution is 2.34. The number of amides is 1. The Labute approximate surface area is 190 Å². The molecule has 0 saturated carbocycles. The van der Waals surface area contributed by atoms with E-state index in [0.717, 1.165) is 23.8 Å². The number of hydrogen-bond acceptors (Lipinski definition) is 4.